The van der Waals surface area contributed by atoms with Crippen LogP contribution in [0, 0.1) is 0 Å². The van der Waals surface area contributed by atoms with Gasteiger partial charge in [0.2, 0.25) is 0 Å². The van der Waals surface area contributed by atoms with Crippen LogP contribution in [0.2, 0.25) is 0 Å². The molecule has 3 N–H and O–H groups in total. The molecule has 17 heavy (non-hydrogen) atoms. The van der Waals surface area contributed by atoms with E-state index in [-0.39, 0.29) is 5.97 Å². The largest absolute Gasteiger partial charge is 0.469 e. The standard InChI is InChI=1S/C11H13BrN2O2S/c1-16-9(15)5-6-14-8-4-2-3-7(12)10(8)11(13)17/h2-4,14H,5-6H2,1H3,(H2,13,17). The van der Waals surface area contributed by atoms with Crippen LogP contribution in [0.5, 0.6) is 0 Å². The van der Waals surface area contributed by atoms with Crippen molar-refractivity contribution in [3.05, 3.63) is 28.2 Å². The minimum absolute atomic E-state index is 0.260. The number of carbonyl (C=O) groups is 1. The summed E-state index contributed by atoms with van der Waals surface area (Å²) in [6, 6.07) is 5.59. The van der Waals surface area contributed by atoms with Gasteiger partial charge in [-0.15, -0.1) is 0 Å². The lowest BCUT2D eigenvalue weighted by Gasteiger charge is -2.12. The van der Waals surface area contributed by atoms with Crippen LogP contribution in [0.1, 0.15) is 12.0 Å². The van der Waals surface area contributed by atoms with Gasteiger partial charge in [0.25, 0.3) is 0 Å². The van der Waals surface area contributed by atoms with E-state index in [0.717, 1.165) is 15.7 Å². The van der Waals surface area contributed by atoms with Crippen molar-refractivity contribution >= 4 is 44.8 Å². The molecule has 0 unspecified atom stereocenters. The number of esters is 1. The van der Waals surface area contributed by atoms with Gasteiger partial charge in [0, 0.05) is 22.3 Å². The third-order valence-electron chi connectivity index (χ3n) is 2.13. The number of hydrogen-bond acceptors (Lipinski definition) is 4. The molecule has 0 aromatic heterocycles. The number of thiocarbonyl (C=S) groups is 1. The minimum Gasteiger partial charge on any atom is -0.469 e. The van der Waals surface area contributed by atoms with E-state index in [1.165, 1.54) is 7.11 Å². The number of rotatable bonds is 5. The number of halogens is 1. The molecule has 0 spiro atoms. The second kappa shape index (κ2) is 6.56. The first kappa shape index (κ1) is 13.9. The van der Waals surface area contributed by atoms with Crippen LogP contribution in [0.4, 0.5) is 5.69 Å². The average molecular weight is 317 g/mol. The first-order valence-corrected chi connectivity index (χ1v) is 6.15. The Kier molecular flexibility index (Phi) is 5.37. The van der Waals surface area contributed by atoms with Crippen LogP contribution in [-0.2, 0) is 9.53 Å². The Labute approximate surface area is 114 Å². The molecule has 1 rings (SSSR count). The summed E-state index contributed by atoms with van der Waals surface area (Å²) in [6.07, 6.45) is 0.291. The maximum atomic E-state index is 11.0. The van der Waals surface area contributed by atoms with Crippen molar-refractivity contribution in [2.75, 3.05) is 19.0 Å². The number of anilines is 1. The molecule has 0 radical (unpaired) electrons. The predicted octanol–water partition coefficient (Wildman–Crippen LogP) is 2.06. The fourth-order valence-electron chi connectivity index (χ4n) is 1.32. The van der Waals surface area contributed by atoms with Gasteiger partial charge < -0.3 is 15.8 Å². The van der Waals surface area contributed by atoms with E-state index >= 15 is 0 Å². The number of ether oxygens (including phenoxy) is 1. The van der Waals surface area contributed by atoms with Crippen molar-refractivity contribution < 1.29 is 9.53 Å². The quantitative estimate of drug-likeness (QED) is 0.643. The van der Waals surface area contributed by atoms with Crippen molar-refractivity contribution in [3.63, 3.8) is 0 Å². The van der Waals surface area contributed by atoms with Crippen LogP contribution in [-0.4, -0.2) is 24.6 Å². The lowest BCUT2D eigenvalue weighted by Crippen LogP contribution is -2.16. The Morgan fingerprint density at radius 1 is 1.59 bits per heavy atom. The number of hydrogen-bond donors (Lipinski definition) is 2. The van der Waals surface area contributed by atoms with Gasteiger partial charge in [-0.2, -0.15) is 0 Å². The summed E-state index contributed by atoms with van der Waals surface area (Å²) >= 11 is 8.36. The molecule has 0 aliphatic rings. The lowest BCUT2D eigenvalue weighted by molar-refractivity contribution is -0.140. The van der Waals surface area contributed by atoms with E-state index in [4.69, 9.17) is 18.0 Å². The molecular formula is C11H13BrN2O2S. The third-order valence-corrected chi connectivity index (χ3v) is 3.00. The zero-order chi connectivity index (χ0) is 12.8. The first-order chi connectivity index (χ1) is 8.06. The molecule has 92 valence electrons. The first-order valence-electron chi connectivity index (χ1n) is 4.95. The predicted molar refractivity (Wildman–Crippen MR) is 75.2 cm³/mol. The SMILES string of the molecule is COC(=O)CCNc1cccc(Br)c1C(N)=S. The van der Waals surface area contributed by atoms with Crippen molar-refractivity contribution in [2.24, 2.45) is 5.73 Å². The van der Waals surface area contributed by atoms with E-state index in [2.05, 4.69) is 26.0 Å². The van der Waals surface area contributed by atoms with E-state index in [9.17, 15) is 4.79 Å². The Morgan fingerprint density at radius 3 is 2.88 bits per heavy atom. The van der Waals surface area contributed by atoms with Crippen molar-refractivity contribution in [2.45, 2.75) is 6.42 Å². The van der Waals surface area contributed by atoms with E-state index < -0.39 is 0 Å². The van der Waals surface area contributed by atoms with Crippen LogP contribution in [0.25, 0.3) is 0 Å². The molecule has 1 aromatic carbocycles. The fourth-order valence-corrected chi connectivity index (χ4v) is 2.25. The van der Waals surface area contributed by atoms with Crippen LogP contribution in [0.15, 0.2) is 22.7 Å². The number of benzene rings is 1. The Bertz CT molecular complexity index is 437. The molecule has 4 nitrogen and oxygen atoms in total. The number of nitrogens with two attached hydrogens (primary N) is 1. The Balaban J connectivity index is 2.74. The van der Waals surface area contributed by atoms with Gasteiger partial charge in [0.15, 0.2) is 0 Å². The monoisotopic (exact) mass is 316 g/mol. The van der Waals surface area contributed by atoms with E-state index in [1.54, 1.807) is 0 Å². The molecule has 0 aliphatic carbocycles. The number of nitrogens with one attached hydrogen (secondary N) is 1. The van der Waals surface area contributed by atoms with E-state index in [0.29, 0.717) is 18.0 Å². The second-order valence-corrected chi connectivity index (χ2v) is 4.57. The summed E-state index contributed by atoms with van der Waals surface area (Å²) in [6.45, 7) is 0.471. The zero-order valence-corrected chi connectivity index (χ0v) is 11.7. The molecule has 6 heteroatoms. The second-order valence-electron chi connectivity index (χ2n) is 3.28. The maximum Gasteiger partial charge on any atom is 0.307 e. The van der Waals surface area contributed by atoms with E-state index in [1.807, 2.05) is 18.2 Å². The van der Waals surface area contributed by atoms with Crippen LogP contribution in [0.3, 0.4) is 0 Å². The highest BCUT2D eigenvalue weighted by Crippen LogP contribution is 2.24. The highest BCUT2D eigenvalue weighted by molar-refractivity contribution is 9.10. The normalized spacial score (nSPS) is 9.76. The summed E-state index contributed by atoms with van der Waals surface area (Å²) in [4.78, 5) is 11.3. The summed E-state index contributed by atoms with van der Waals surface area (Å²) in [5, 5.41) is 3.10. The summed E-state index contributed by atoms with van der Waals surface area (Å²) in [5.74, 6) is -0.260. The molecule has 0 saturated carbocycles. The number of carbonyl (C=O) groups excluding carboxylic acids is 1. The lowest BCUT2D eigenvalue weighted by atomic mass is 10.1. The minimum atomic E-state index is -0.260. The highest BCUT2D eigenvalue weighted by Gasteiger charge is 2.09. The van der Waals surface area contributed by atoms with Crippen molar-refractivity contribution in [1.29, 1.82) is 0 Å². The van der Waals surface area contributed by atoms with Gasteiger partial charge in [0.1, 0.15) is 4.99 Å². The Morgan fingerprint density at radius 2 is 2.29 bits per heavy atom. The molecule has 0 aliphatic heterocycles. The highest BCUT2D eigenvalue weighted by atomic mass is 79.9. The van der Waals surface area contributed by atoms with Gasteiger partial charge >= 0.3 is 5.97 Å². The average Bonchev–Trinajstić information content (AvgIpc) is 2.28. The van der Waals surface area contributed by atoms with Gasteiger partial charge in [-0.3, -0.25) is 4.79 Å². The van der Waals surface area contributed by atoms with Crippen molar-refractivity contribution in [1.82, 2.24) is 0 Å². The summed E-state index contributed by atoms with van der Waals surface area (Å²) in [5.41, 5.74) is 7.19. The van der Waals surface area contributed by atoms with Gasteiger partial charge in [0.05, 0.1) is 13.5 Å². The van der Waals surface area contributed by atoms with Gasteiger partial charge in [-0.25, -0.2) is 0 Å². The zero-order valence-electron chi connectivity index (χ0n) is 9.33. The summed E-state index contributed by atoms with van der Waals surface area (Å²) < 4.78 is 5.38. The smallest absolute Gasteiger partial charge is 0.307 e. The summed E-state index contributed by atoms with van der Waals surface area (Å²) in [7, 11) is 1.36. The van der Waals surface area contributed by atoms with Crippen LogP contribution < -0.4 is 11.1 Å². The molecule has 0 bridgehead atoms. The molecule has 0 atom stereocenters. The molecule has 0 fully saturated rings. The maximum absolute atomic E-state index is 11.0. The molecule has 0 heterocycles. The van der Waals surface area contributed by atoms with Crippen LogP contribution >= 0.6 is 28.1 Å². The molecule has 0 saturated heterocycles. The molecular weight excluding hydrogens is 304 g/mol. The molecule has 1 aromatic rings. The van der Waals surface area contributed by atoms with Gasteiger partial charge in [-0.1, -0.05) is 18.3 Å². The fraction of sp³-hybridized carbons (Fsp3) is 0.273. The van der Waals surface area contributed by atoms with Gasteiger partial charge in [-0.05, 0) is 28.1 Å². The number of methoxy groups -OCH3 is 1. The molecule has 0 amide bonds. The Hall–Kier alpha value is -1.14. The topological polar surface area (TPSA) is 64.3 Å². The van der Waals surface area contributed by atoms with Crippen molar-refractivity contribution in [3.8, 4) is 0 Å². The third kappa shape index (κ3) is 3.98.